The monoisotopic (exact) mass is 301 g/mol. The van der Waals surface area contributed by atoms with Gasteiger partial charge in [0.1, 0.15) is 5.75 Å². The Balaban J connectivity index is 3.24. The normalized spacial score (nSPS) is 11.3. The van der Waals surface area contributed by atoms with E-state index in [1.54, 1.807) is 0 Å². The molecule has 0 saturated heterocycles. The first-order valence-electron chi connectivity index (χ1n) is 5.52. The molecule has 0 heterocycles. The number of ether oxygens (including phenoxy) is 1. The van der Waals surface area contributed by atoms with Gasteiger partial charge in [0.15, 0.2) is 0 Å². The Bertz CT molecular complexity index is 559. The van der Waals surface area contributed by atoms with E-state index in [9.17, 15) is 8.42 Å². The molecular formula is C13H16ClNO3S. The summed E-state index contributed by atoms with van der Waals surface area (Å²) >= 11 is 5.88. The standard InChI is InChI=1S/C13H16ClNO3S/c1-4-8-15(9-5-2)19(16,17)11-6-7-12(14)13(10-11)18-3/h4-7,10H,1-2,8-9H2,3H3. The molecule has 0 radical (unpaired) electrons. The van der Waals surface area contributed by atoms with Crippen molar-refractivity contribution < 1.29 is 13.2 Å². The predicted molar refractivity (Wildman–Crippen MR) is 77.2 cm³/mol. The largest absolute Gasteiger partial charge is 0.495 e. The molecule has 0 aliphatic rings. The molecule has 0 aromatic heterocycles. The van der Waals surface area contributed by atoms with Crippen LogP contribution in [0.4, 0.5) is 0 Å². The molecule has 0 unspecified atom stereocenters. The summed E-state index contributed by atoms with van der Waals surface area (Å²) in [6.45, 7) is 7.52. The highest BCUT2D eigenvalue weighted by atomic mass is 35.5. The van der Waals surface area contributed by atoms with E-state index in [1.807, 2.05) is 0 Å². The van der Waals surface area contributed by atoms with Crippen molar-refractivity contribution >= 4 is 21.6 Å². The lowest BCUT2D eigenvalue weighted by atomic mass is 10.3. The topological polar surface area (TPSA) is 46.6 Å². The molecule has 6 heteroatoms. The lowest BCUT2D eigenvalue weighted by molar-refractivity contribution is 0.413. The summed E-state index contributed by atoms with van der Waals surface area (Å²) in [6, 6.07) is 4.34. The fourth-order valence-electron chi connectivity index (χ4n) is 1.51. The number of rotatable bonds is 7. The van der Waals surface area contributed by atoms with E-state index in [0.29, 0.717) is 10.8 Å². The lowest BCUT2D eigenvalue weighted by Crippen LogP contribution is -2.31. The lowest BCUT2D eigenvalue weighted by Gasteiger charge is -2.19. The molecule has 0 N–H and O–H groups in total. The summed E-state index contributed by atoms with van der Waals surface area (Å²) in [4.78, 5) is 0.123. The molecule has 0 spiro atoms. The van der Waals surface area contributed by atoms with E-state index in [2.05, 4.69) is 13.2 Å². The minimum absolute atomic E-state index is 0.123. The van der Waals surface area contributed by atoms with Gasteiger partial charge in [-0.2, -0.15) is 4.31 Å². The maximum atomic E-state index is 12.4. The van der Waals surface area contributed by atoms with Gasteiger partial charge in [-0.15, -0.1) is 13.2 Å². The van der Waals surface area contributed by atoms with Gasteiger partial charge in [-0.1, -0.05) is 23.8 Å². The molecule has 0 saturated carbocycles. The number of methoxy groups -OCH3 is 1. The quantitative estimate of drug-likeness (QED) is 0.728. The van der Waals surface area contributed by atoms with Crippen LogP contribution in [0.5, 0.6) is 5.75 Å². The highest BCUT2D eigenvalue weighted by Crippen LogP contribution is 2.28. The van der Waals surface area contributed by atoms with E-state index in [0.717, 1.165) is 0 Å². The summed E-state index contributed by atoms with van der Waals surface area (Å²) in [6.07, 6.45) is 3.04. The highest BCUT2D eigenvalue weighted by Gasteiger charge is 2.23. The van der Waals surface area contributed by atoms with Crippen molar-refractivity contribution in [2.75, 3.05) is 20.2 Å². The molecule has 0 aliphatic heterocycles. The van der Waals surface area contributed by atoms with Crippen LogP contribution in [0, 0.1) is 0 Å². The molecular weight excluding hydrogens is 286 g/mol. The van der Waals surface area contributed by atoms with Crippen molar-refractivity contribution in [3.63, 3.8) is 0 Å². The van der Waals surface area contributed by atoms with Gasteiger partial charge < -0.3 is 4.74 Å². The van der Waals surface area contributed by atoms with Crippen LogP contribution < -0.4 is 4.74 Å². The summed E-state index contributed by atoms with van der Waals surface area (Å²) < 4.78 is 31.1. The second-order valence-corrected chi connectivity index (χ2v) is 6.04. The van der Waals surface area contributed by atoms with Crippen molar-refractivity contribution in [1.29, 1.82) is 0 Å². The molecule has 0 amide bonds. The first kappa shape index (κ1) is 15.8. The zero-order valence-corrected chi connectivity index (χ0v) is 12.2. The molecule has 4 nitrogen and oxygen atoms in total. The zero-order chi connectivity index (χ0) is 14.5. The number of benzene rings is 1. The van der Waals surface area contributed by atoms with Crippen LogP contribution in [-0.4, -0.2) is 32.9 Å². The number of sulfonamides is 1. The van der Waals surface area contributed by atoms with Gasteiger partial charge >= 0.3 is 0 Å². The van der Waals surface area contributed by atoms with E-state index in [1.165, 1.54) is 41.8 Å². The SMILES string of the molecule is C=CCN(CC=C)S(=O)(=O)c1ccc(Cl)c(OC)c1. The number of hydrogen-bond acceptors (Lipinski definition) is 3. The minimum atomic E-state index is -3.62. The van der Waals surface area contributed by atoms with E-state index in [4.69, 9.17) is 16.3 Å². The van der Waals surface area contributed by atoms with Gasteiger partial charge in [-0.05, 0) is 12.1 Å². The maximum Gasteiger partial charge on any atom is 0.243 e. The summed E-state index contributed by atoms with van der Waals surface area (Å²) in [7, 11) is -2.19. The number of hydrogen-bond donors (Lipinski definition) is 0. The molecule has 1 aromatic carbocycles. The van der Waals surface area contributed by atoms with Gasteiger partial charge in [-0.25, -0.2) is 8.42 Å². The third-order valence-corrected chi connectivity index (χ3v) is 4.57. The van der Waals surface area contributed by atoms with Gasteiger partial charge in [-0.3, -0.25) is 0 Å². The smallest absolute Gasteiger partial charge is 0.243 e. The van der Waals surface area contributed by atoms with E-state index < -0.39 is 10.0 Å². The summed E-state index contributed by atoms with van der Waals surface area (Å²) in [5.74, 6) is 0.319. The Labute approximate surface area is 119 Å². The van der Waals surface area contributed by atoms with Crippen molar-refractivity contribution in [3.05, 3.63) is 48.5 Å². The first-order valence-corrected chi connectivity index (χ1v) is 7.34. The van der Waals surface area contributed by atoms with Crippen molar-refractivity contribution in [2.24, 2.45) is 0 Å². The van der Waals surface area contributed by atoms with Crippen LogP contribution in [0.1, 0.15) is 0 Å². The molecule has 104 valence electrons. The molecule has 19 heavy (non-hydrogen) atoms. The van der Waals surface area contributed by atoms with Crippen LogP contribution in [-0.2, 0) is 10.0 Å². The molecule has 0 aliphatic carbocycles. The van der Waals surface area contributed by atoms with Crippen molar-refractivity contribution in [1.82, 2.24) is 4.31 Å². The maximum absolute atomic E-state index is 12.4. The highest BCUT2D eigenvalue weighted by molar-refractivity contribution is 7.89. The third kappa shape index (κ3) is 3.59. The minimum Gasteiger partial charge on any atom is -0.495 e. The molecule has 0 atom stereocenters. The second kappa shape index (κ2) is 6.75. The molecule has 0 fully saturated rings. The van der Waals surface area contributed by atoms with Gasteiger partial charge in [0, 0.05) is 19.2 Å². The zero-order valence-electron chi connectivity index (χ0n) is 10.7. The predicted octanol–water partition coefficient (Wildman–Crippen LogP) is 2.71. The Hall–Kier alpha value is -1.30. The van der Waals surface area contributed by atoms with Gasteiger partial charge in [0.25, 0.3) is 0 Å². The fraction of sp³-hybridized carbons (Fsp3) is 0.231. The Kier molecular flexibility index (Phi) is 5.60. The Morgan fingerprint density at radius 2 is 1.89 bits per heavy atom. The first-order chi connectivity index (χ1) is 8.97. The fourth-order valence-corrected chi connectivity index (χ4v) is 3.10. The van der Waals surface area contributed by atoms with E-state index in [-0.39, 0.29) is 18.0 Å². The average molecular weight is 302 g/mol. The molecule has 0 bridgehead atoms. The Morgan fingerprint density at radius 1 is 1.32 bits per heavy atom. The summed E-state index contributed by atoms with van der Waals surface area (Å²) in [5.41, 5.74) is 0. The van der Waals surface area contributed by atoms with Crippen LogP contribution in [0.2, 0.25) is 5.02 Å². The molecule has 1 rings (SSSR count). The average Bonchev–Trinajstić information content (AvgIpc) is 2.38. The van der Waals surface area contributed by atoms with Crippen LogP contribution in [0.15, 0.2) is 48.4 Å². The van der Waals surface area contributed by atoms with Gasteiger partial charge in [0.2, 0.25) is 10.0 Å². The third-order valence-electron chi connectivity index (χ3n) is 2.43. The Morgan fingerprint density at radius 3 is 2.37 bits per heavy atom. The number of nitrogens with zero attached hydrogens (tertiary/aromatic N) is 1. The van der Waals surface area contributed by atoms with Crippen LogP contribution >= 0.6 is 11.6 Å². The van der Waals surface area contributed by atoms with Gasteiger partial charge in [0.05, 0.1) is 17.0 Å². The second-order valence-electron chi connectivity index (χ2n) is 3.70. The summed E-state index contributed by atoms with van der Waals surface area (Å²) in [5, 5.41) is 0.362. The van der Waals surface area contributed by atoms with E-state index >= 15 is 0 Å². The molecule has 1 aromatic rings. The van der Waals surface area contributed by atoms with Crippen molar-refractivity contribution in [3.8, 4) is 5.75 Å². The van der Waals surface area contributed by atoms with Crippen molar-refractivity contribution in [2.45, 2.75) is 4.90 Å². The van der Waals surface area contributed by atoms with Crippen LogP contribution in [0.3, 0.4) is 0 Å². The number of halogens is 1. The van der Waals surface area contributed by atoms with Crippen LogP contribution in [0.25, 0.3) is 0 Å².